The molecule has 0 amide bonds. The van der Waals surface area contributed by atoms with Crippen LogP contribution in [0.15, 0.2) is 12.2 Å². The smallest absolute Gasteiger partial charge is 0.238 e. The summed E-state index contributed by atoms with van der Waals surface area (Å²) in [5.41, 5.74) is 1.18. The number of hydrogen-bond acceptors (Lipinski definition) is 3. The highest BCUT2D eigenvalue weighted by atomic mass is 28.4. The maximum absolute atomic E-state index is 6.02. The molecule has 3 nitrogen and oxygen atoms in total. The van der Waals surface area contributed by atoms with Gasteiger partial charge in [-0.05, 0) is 44.3 Å². The minimum atomic E-state index is -1.95. The molecule has 0 aromatic carbocycles. The van der Waals surface area contributed by atoms with Crippen LogP contribution in [0.1, 0.15) is 59.8 Å². The SMILES string of the molecule is C=C(C)C[C@@H]1CCCC[C@]1(OC)OO[Si](C)(C)C(C)(C)C. The van der Waals surface area contributed by atoms with Crippen molar-refractivity contribution in [2.75, 3.05) is 7.11 Å². The molecule has 0 bridgehead atoms. The van der Waals surface area contributed by atoms with Gasteiger partial charge in [-0.25, -0.2) is 4.89 Å². The minimum absolute atomic E-state index is 0.125. The van der Waals surface area contributed by atoms with Crippen LogP contribution in [0.2, 0.25) is 18.1 Å². The Labute approximate surface area is 132 Å². The zero-order valence-electron chi connectivity index (χ0n) is 15.0. The lowest BCUT2D eigenvalue weighted by Gasteiger charge is -2.44. The van der Waals surface area contributed by atoms with E-state index in [4.69, 9.17) is 14.2 Å². The highest BCUT2D eigenvalue weighted by Crippen LogP contribution is 2.43. The number of hydrogen-bond donors (Lipinski definition) is 0. The van der Waals surface area contributed by atoms with Crippen molar-refractivity contribution in [1.29, 1.82) is 0 Å². The second kappa shape index (κ2) is 6.94. The second-order valence-electron chi connectivity index (χ2n) is 8.05. The zero-order valence-corrected chi connectivity index (χ0v) is 16.0. The fraction of sp³-hybridized carbons (Fsp3) is 0.882. The summed E-state index contributed by atoms with van der Waals surface area (Å²) in [7, 11) is -0.205. The van der Waals surface area contributed by atoms with E-state index in [9.17, 15) is 0 Å². The normalized spacial score (nSPS) is 27.7. The Bertz CT molecular complexity index is 360. The highest BCUT2D eigenvalue weighted by molar-refractivity contribution is 6.73. The van der Waals surface area contributed by atoms with E-state index >= 15 is 0 Å². The maximum atomic E-state index is 6.02. The van der Waals surface area contributed by atoms with Crippen LogP contribution < -0.4 is 0 Å². The van der Waals surface area contributed by atoms with E-state index in [1.54, 1.807) is 7.11 Å². The topological polar surface area (TPSA) is 27.7 Å². The van der Waals surface area contributed by atoms with Crippen molar-refractivity contribution in [3.63, 3.8) is 0 Å². The molecule has 0 aliphatic heterocycles. The predicted molar refractivity (Wildman–Crippen MR) is 90.5 cm³/mol. The summed E-state index contributed by atoms with van der Waals surface area (Å²) in [5, 5.41) is 0.125. The van der Waals surface area contributed by atoms with Gasteiger partial charge in [-0.3, -0.25) is 4.58 Å². The van der Waals surface area contributed by atoms with Crippen molar-refractivity contribution in [1.82, 2.24) is 0 Å². The summed E-state index contributed by atoms with van der Waals surface area (Å²) in [4.78, 5) is 6.02. The van der Waals surface area contributed by atoms with Gasteiger partial charge in [-0.15, -0.1) is 6.58 Å². The Morgan fingerprint density at radius 3 is 2.38 bits per heavy atom. The number of allylic oxidation sites excluding steroid dienone is 1. The molecular formula is C17H34O3Si. The molecule has 4 heteroatoms. The predicted octanol–water partition coefficient (Wildman–Crippen LogP) is 5.44. The molecule has 0 radical (unpaired) electrons. The molecule has 1 aliphatic rings. The van der Waals surface area contributed by atoms with Crippen molar-refractivity contribution in [2.24, 2.45) is 5.92 Å². The fourth-order valence-corrected chi connectivity index (χ4v) is 3.18. The minimum Gasteiger partial charge on any atom is -0.350 e. The first-order valence-corrected chi connectivity index (χ1v) is 11.0. The molecule has 0 N–H and O–H groups in total. The molecule has 124 valence electrons. The van der Waals surface area contributed by atoms with Gasteiger partial charge < -0.3 is 4.74 Å². The monoisotopic (exact) mass is 314 g/mol. The molecule has 0 heterocycles. The van der Waals surface area contributed by atoms with E-state index in [1.165, 1.54) is 12.0 Å². The molecule has 1 saturated carbocycles. The van der Waals surface area contributed by atoms with Gasteiger partial charge in [0.1, 0.15) is 0 Å². The molecule has 0 aromatic heterocycles. The van der Waals surface area contributed by atoms with Crippen LogP contribution in [0.25, 0.3) is 0 Å². The summed E-state index contributed by atoms with van der Waals surface area (Å²) in [5.74, 6) is -0.272. The van der Waals surface area contributed by atoms with Gasteiger partial charge in [0, 0.05) is 19.4 Å². The summed E-state index contributed by atoms with van der Waals surface area (Å²) >= 11 is 0. The van der Waals surface area contributed by atoms with E-state index < -0.39 is 14.1 Å². The van der Waals surface area contributed by atoms with Crippen LogP contribution >= 0.6 is 0 Å². The molecule has 0 spiro atoms. The van der Waals surface area contributed by atoms with Crippen molar-refractivity contribution in [3.05, 3.63) is 12.2 Å². The average molecular weight is 315 g/mol. The van der Waals surface area contributed by atoms with E-state index in [0.717, 1.165) is 25.7 Å². The standard InChI is InChI=1S/C17H34O3Si/c1-14(2)13-15-11-9-10-12-17(15,18-6)19-20-21(7,8)16(3,4)5/h15H,1,9-13H2,2-8H3/t15-,17-/m0/s1. The van der Waals surface area contributed by atoms with Crippen molar-refractivity contribution in [2.45, 2.75) is 83.7 Å². The van der Waals surface area contributed by atoms with E-state index in [2.05, 4.69) is 47.4 Å². The molecule has 21 heavy (non-hydrogen) atoms. The van der Waals surface area contributed by atoms with Gasteiger partial charge in [0.05, 0.1) is 0 Å². The van der Waals surface area contributed by atoms with Crippen LogP contribution in [0.5, 0.6) is 0 Å². The highest BCUT2D eigenvalue weighted by Gasteiger charge is 2.47. The largest absolute Gasteiger partial charge is 0.350 e. The van der Waals surface area contributed by atoms with Gasteiger partial charge in [0.25, 0.3) is 0 Å². The summed E-state index contributed by atoms with van der Waals surface area (Å²) in [6.45, 7) is 17.2. The van der Waals surface area contributed by atoms with Crippen LogP contribution in [0, 0.1) is 5.92 Å². The Hall–Kier alpha value is -0.163. The lowest BCUT2D eigenvalue weighted by atomic mass is 9.80. The van der Waals surface area contributed by atoms with Gasteiger partial charge in [-0.1, -0.05) is 32.8 Å². The quantitative estimate of drug-likeness (QED) is 0.215. The van der Waals surface area contributed by atoms with Crippen LogP contribution in [-0.2, 0) is 14.2 Å². The zero-order chi connectivity index (χ0) is 16.3. The third-order valence-electron chi connectivity index (χ3n) is 5.09. The van der Waals surface area contributed by atoms with Gasteiger partial charge in [0.2, 0.25) is 14.1 Å². The molecule has 0 saturated heterocycles. The van der Waals surface area contributed by atoms with Crippen LogP contribution in [-0.4, -0.2) is 21.2 Å². The molecule has 0 aromatic rings. The first-order valence-electron chi connectivity index (χ1n) is 8.10. The Morgan fingerprint density at radius 2 is 1.90 bits per heavy atom. The van der Waals surface area contributed by atoms with Gasteiger partial charge >= 0.3 is 0 Å². The van der Waals surface area contributed by atoms with Gasteiger partial charge in [0.15, 0.2) is 0 Å². The van der Waals surface area contributed by atoms with E-state index in [1.807, 2.05) is 0 Å². The molecule has 0 unspecified atom stereocenters. The molecule has 1 fully saturated rings. The fourth-order valence-electron chi connectivity index (χ4n) is 2.58. The molecule has 1 aliphatic carbocycles. The van der Waals surface area contributed by atoms with Crippen molar-refractivity contribution in [3.8, 4) is 0 Å². The number of methoxy groups -OCH3 is 1. The second-order valence-corrected chi connectivity index (χ2v) is 12.7. The molecular weight excluding hydrogens is 280 g/mol. The third kappa shape index (κ3) is 4.65. The Kier molecular flexibility index (Phi) is 6.24. The first kappa shape index (κ1) is 18.9. The lowest BCUT2D eigenvalue weighted by Crippen LogP contribution is -2.50. The van der Waals surface area contributed by atoms with Crippen LogP contribution in [0.4, 0.5) is 0 Å². The van der Waals surface area contributed by atoms with E-state index in [-0.39, 0.29) is 5.04 Å². The van der Waals surface area contributed by atoms with Crippen LogP contribution in [0.3, 0.4) is 0 Å². The summed E-state index contributed by atoms with van der Waals surface area (Å²) < 4.78 is 11.9. The number of ether oxygens (including phenoxy) is 1. The summed E-state index contributed by atoms with van der Waals surface area (Å²) in [6, 6.07) is 0. The van der Waals surface area contributed by atoms with Gasteiger partial charge in [-0.2, -0.15) is 0 Å². The molecule has 1 rings (SSSR count). The first-order chi connectivity index (χ1) is 9.54. The average Bonchev–Trinajstić information content (AvgIpc) is 2.36. The lowest BCUT2D eigenvalue weighted by molar-refractivity contribution is -0.407. The maximum Gasteiger partial charge on any atom is 0.238 e. The Balaban J connectivity index is 2.84. The Morgan fingerprint density at radius 1 is 1.29 bits per heavy atom. The van der Waals surface area contributed by atoms with Crippen molar-refractivity contribution >= 4 is 8.32 Å². The number of rotatable bonds is 6. The third-order valence-corrected chi connectivity index (χ3v) is 9.20. The van der Waals surface area contributed by atoms with E-state index in [0.29, 0.717) is 5.92 Å². The van der Waals surface area contributed by atoms with Crippen molar-refractivity contribution < 1.29 is 14.2 Å². The molecule has 2 atom stereocenters. The summed E-state index contributed by atoms with van der Waals surface area (Å²) in [6.07, 6.45) is 5.31.